The molecule has 0 saturated carbocycles. The fourth-order valence-electron chi connectivity index (χ4n) is 5.55. The van der Waals surface area contributed by atoms with Crippen LogP contribution < -0.4 is 9.47 Å². The molecule has 0 unspecified atom stereocenters. The van der Waals surface area contributed by atoms with Crippen molar-refractivity contribution in [3.8, 4) is 11.5 Å². The summed E-state index contributed by atoms with van der Waals surface area (Å²) in [5.74, 6) is 1.54. The number of carbonyl (C=O) groups excluding carboxylic acids is 1. The van der Waals surface area contributed by atoms with Gasteiger partial charge in [0.15, 0.2) is 0 Å². The maximum absolute atomic E-state index is 13.7. The van der Waals surface area contributed by atoms with Crippen molar-refractivity contribution in [3.05, 3.63) is 59.4 Å². The van der Waals surface area contributed by atoms with E-state index in [1.165, 1.54) is 12.5 Å². The van der Waals surface area contributed by atoms with Crippen LogP contribution in [0, 0.1) is 5.82 Å². The van der Waals surface area contributed by atoms with Gasteiger partial charge in [-0.1, -0.05) is 18.2 Å². The van der Waals surface area contributed by atoms with Gasteiger partial charge in [-0.05, 0) is 74.4 Å². The summed E-state index contributed by atoms with van der Waals surface area (Å²) in [5, 5.41) is 0. The molecule has 0 radical (unpaired) electrons. The Morgan fingerprint density at radius 3 is 2.58 bits per heavy atom. The maximum atomic E-state index is 13.7. The van der Waals surface area contributed by atoms with Gasteiger partial charge in [0.25, 0.3) is 0 Å². The second-order valence-electron chi connectivity index (χ2n) is 9.29. The van der Waals surface area contributed by atoms with Gasteiger partial charge < -0.3 is 14.4 Å². The van der Waals surface area contributed by atoms with Crippen LogP contribution >= 0.6 is 0 Å². The zero-order valence-electron chi connectivity index (χ0n) is 19.8. The number of ether oxygens (including phenoxy) is 2. The van der Waals surface area contributed by atoms with Crippen molar-refractivity contribution in [1.29, 1.82) is 0 Å². The third-order valence-corrected chi connectivity index (χ3v) is 7.38. The number of aryl methyl sites for hydroxylation is 1. The number of hydrogen-bond donors (Lipinski definition) is 0. The van der Waals surface area contributed by atoms with Crippen LogP contribution in [0.5, 0.6) is 11.5 Å². The summed E-state index contributed by atoms with van der Waals surface area (Å²) in [5.41, 5.74) is 2.18. The molecule has 5 nitrogen and oxygen atoms in total. The lowest BCUT2D eigenvalue weighted by atomic mass is 9.87. The molecule has 0 bridgehead atoms. The van der Waals surface area contributed by atoms with E-state index < -0.39 is 0 Å². The summed E-state index contributed by atoms with van der Waals surface area (Å²) >= 11 is 0. The third-order valence-electron chi connectivity index (χ3n) is 7.38. The summed E-state index contributed by atoms with van der Waals surface area (Å²) in [6, 6.07) is 12.7. The summed E-state index contributed by atoms with van der Waals surface area (Å²) in [6.45, 7) is 3.43. The molecule has 2 fully saturated rings. The first-order valence-electron chi connectivity index (χ1n) is 12.0. The van der Waals surface area contributed by atoms with Gasteiger partial charge in [0.2, 0.25) is 5.91 Å². The number of benzene rings is 2. The van der Waals surface area contributed by atoms with Gasteiger partial charge in [-0.25, -0.2) is 4.39 Å². The zero-order valence-corrected chi connectivity index (χ0v) is 19.8. The molecule has 2 aromatic rings. The zero-order chi connectivity index (χ0) is 23.3. The highest BCUT2D eigenvalue weighted by Gasteiger charge is 2.42. The molecule has 2 heterocycles. The van der Waals surface area contributed by atoms with Crippen LogP contribution in [-0.4, -0.2) is 55.1 Å². The van der Waals surface area contributed by atoms with E-state index in [2.05, 4.69) is 4.90 Å². The highest BCUT2D eigenvalue weighted by Crippen LogP contribution is 2.39. The molecule has 0 aliphatic carbocycles. The Kier molecular flexibility index (Phi) is 7.53. The topological polar surface area (TPSA) is 42.0 Å². The molecule has 2 aromatic carbocycles. The van der Waals surface area contributed by atoms with Crippen LogP contribution in [0.4, 0.5) is 4.39 Å². The predicted molar refractivity (Wildman–Crippen MR) is 127 cm³/mol. The molecule has 2 aliphatic rings. The number of amides is 1. The van der Waals surface area contributed by atoms with E-state index in [0.717, 1.165) is 74.5 Å². The Labute approximate surface area is 196 Å². The highest BCUT2D eigenvalue weighted by molar-refractivity contribution is 5.76. The first kappa shape index (κ1) is 23.6. The monoisotopic (exact) mass is 454 g/mol. The molecule has 1 atom stereocenters. The predicted octanol–water partition coefficient (Wildman–Crippen LogP) is 4.82. The Morgan fingerprint density at radius 1 is 1.00 bits per heavy atom. The fourth-order valence-corrected chi connectivity index (χ4v) is 5.55. The summed E-state index contributed by atoms with van der Waals surface area (Å²) in [4.78, 5) is 17.7. The number of methoxy groups -OCH3 is 2. The second-order valence-corrected chi connectivity index (χ2v) is 9.29. The first-order valence-corrected chi connectivity index (χ1v) is 12.0. The number of carbonyl (C=O) groups is 1. The average molecular weight is 455 g/mol. The van der Waals surface area contributed by atoms with Crippen LogP contribution in [0.2, 0.25) is 0 Å². The van der Waals surface area contributed by atoms with Gasteiger partial charge in [-0.15, -0.1) is 0 Å². The fraction of sp³-hybridized carbons (Fsp3) is 0.519. The van der Waals surface area contributed by atoms with Gasteiger partial charge >= 0.3 is 0 Å². The van der Waals surface area contributed by atoms with Gasteiger partial charge in [-0.3, -0.25) is 9.69 Å². The van der Waals surface area contributed by atoms with Crippen molar-refractivity contribution in [2.75, 3.05) is 33.9 Å². The van der Waals surface area contributed by atoms with Crippen molar-refractivity contribution in [2.24, 2.45) is 0 Å². The molecule has 1 amide bonds. The minimum Gasteiger partial charge on any atom is -0.497 e. The lowest BCUT2D eigenvalue weighted by Gasteiger charge is -2.38. The number of halogens is 1. The number of likely N-dealkylation sites (tertiary alicyclic amines) is 2. The van der Waals surface area contributed by atoms with Crippen molar-refractivity contribution in [3.63, 3.8) is 0 Å². The lowest BCUT2D eigenvalue weighted by molar-refractivity contribution is -0.131. The molecule has 4 rings (SSSR count). The SMILES string of the molecule is COc1ccc(CCC(=O)N2CCC[C@@]3(CCCN3Cc3cccc(F)c3)CC2)c(OC)c1. The van der Waals surface area contributed by atoms with Crippen LogP contribution in [0.25, 0.3) is 0 Å². The molecular formula is C27H35FN2O3. The smallest absolute Gasteiger partial charge is 0.222 e. The summed E-state index contributed by atoms with van der Waals surface area (Å²) in [6.07, 6.45) is 6.55. The molecule has 1 spiro atoms. The molecule has 6 heteroatoms. The molecule has 0 aromatic heterocycles. The largest absolute Gasteiger partial charge is 0.497 e. The van der Waals surface area contributed by atoms with Crippen molar-refractivity contribution in [2.45, 2.75) is 57.0 Å². The van der Waals surface area contributed by atoms with Crippen LogP contribution in [0.3, 0.4) is 0 Å². The molecular weight excluding hydrogens is 419 g/mol. The Hall–Kier alpha value is -2.60. The van der Waals surface area contributed by atoms with Gasteiger partial charge in [0, 0.05) is 37.7 Å². The molecule has 33 heavy (non-hydrogen) atoms. The van der Waals surface area contributed by atoms with E-state index in [0.29, 0.717) is 12.8 Å². The van der Waals surface area contributed by atoms with Crippen LogP contribution in [0.1, 0.15) is 49.7 Å². The highest BCUT2D eigenvalue weighted by atomic mass is 19.1. The van der Waals surface area contributed by atoms with Crippen molar-refractivity contribution >= 4 is 5.91 Å². The quantitative estimate of drug-likeness (QED) is 0.601. The van der Waals surface area contributed by atoms with Crippen molar-refractivity contribution in [1.82, 2.24) is 9.80 Å². The van der Waals surface area contributed by atoms with Gasteiger partial charge in [0.1, 0.15) is 17.3 Å². The van der Waals surface area contributed by atoms with Crippen LogP contribution in [0.15, 0.2) is 42.5 Å². The second kappa shape index (κ2) is 10.6. The van der Waals surface area contributed by atoms with E-state index in [1.807, 2.05) is 29.2 Å². The molecule has 2 aliphatic heterocycles. The molecule has 2 saturated heterocycles. The van der Waals surface area contributed by atoms with E-state index in [4.69, 9.17) is 9.47 Å². The van der Waals surface area contributed by atoms with E-state index in [9.17, 15) is 9.18 Å². The Bertz CT molecular complexity index is 966. The molecule has 0 N–H and O–H groups in total. The number of nitrogens with zero attached hydrogens (tertiary/aromatic N) is 2. The normalized spacial score (nSPS) is 21.2. The number of rotatable bonds is 7. The van der Waals surface area contributed by atoms with Gasteiger partial charge in [-0.2, -0.15) is 0 Å². The maximum Gasteiger partial charge on any atom is 0.222 e. The lowest BCUT2D eigenvalue weighted by Crippen LogP contribution is -2.44. The third kappa shape index (κ3) is 5.49. The number of hydrogen-bond acceptors (Lipinski definition) is 4. The Morgan fingerprint density at radius 2 is 1.82 bits per heavy atom. The van der Waals surface area contributed by atoms with Gasteiger partial charge in [0.05, 0.1) is 14.2 Å². The minimum atomic E-state index is -0.174. The van der Waals surface area contributed by atoms with E-state index >= 15 is 0 Å². The van der Waals surface area contributed by atoms with Crippen LogP contribution in [-0.2, 0) is 17.8 Å². The molecule has 178 valence electrons. The minimum absolute atomic E-state index is 0.126. The standard InChI is InChI=1S/C27H35FN2O3/c1-32-24-10-8-22(25(19-24)33-2)9-11-26(31)29-15-4-12-27(14-17-29)13-5-16-30(27)20-21-6-3-7-23(28)18-21/h3,6-8,10,18-19H,4-5,9,11-17,20H2,1-2H3/t27-/m1/s1. The summed E-state index contributed by atoms with van der Waals surface area (Å²) in [7, 11) is 3.28. The van der Waals surface area contributed by atoms with Crippen molar-refractivity contribution < 1.29 is 18.7 Å². The van der Waals surface area contributed by atoms with E-state index in [-0.39, 0.29) is 17.3 Å². The first-order chi connectivity index (χ1) is 16.0. The van der Waals surface area contributed by atoms with E-state index in [1.54, 1.807) is 26.4 Å². The summed E-state index contributed by atoms with van der Waals surface area (Å²) < 4.78 is 24.4. The Balaban J connectivity index is 1.36. The average Bonchev–Trinajstić information content (AvgIpc) is 3.07.